The van der Waals surface area contributed by atoms with Gasteiger partial charge in [-0.05, 0) is 15.9 Å². The summed E-state index contributed by atoms with van der Waals surface area (Å²) in [5.74, 6) is -4.47. The Kier molecular flexibility index (Phi) is 5.00. The number of rotatable bonds is 4. The number of anilines is 1. The summed E-state index contributed by atoms with van der Waals surface area (Å²) >= 11 is 3.02. The molecule has 0 spiro atoms. The summed E-state index contributed by atoms with van der Waals surface area (Å²) in [7, 11) is 1.37. The van der Waals surface area contributed by atoms with Gasteiger partial charge in [0.2, 0.25) is 0 Å². The van der Waals surface area contributed by atoms with Gasteiger partial charge in [-0.1, -0.05) is 0 Å². The van der Waals surface area contributed by atoms with E-state index in [1.54, 1.807) is 0 Å². The molecule has 0 atom stereocenters. The standard InChI is InChI=1S/C15H9BrF5N5O/c1-25-5-7(11(24-25)14(20)21)15(27)23-10-4-22-26(13(10)16)12-8(18)2-6(17)3-9(12)19/h2-5,14H,1H3,(H,23,27). The zero-order chi connectivity index (χ0) is 19.9. The molecule has 6 nitrogen and oxygen atoms in total. The highest BCUT2D eigenvalue weighted by molar-refractivity contribution is 9.10. The van der Waals surface area contributed by atoms with E-state index in [1.165, 1.54) is 7.05 Å². The fourth-order valence-electron chi connectivity index (χ4n) is 2.34. The number of carbonyl (C=O) groups excluding carboxylic acids is 1. The van der Waals surface area contributed by atoms with Gasteiger partial charge in [-0.3, -0.25) is 9.48 Å². The van der Waals surface area contributed by atoms with Crippen LogP contribution in [0.4, 0.5) is 27.6 Å². The van der Waals surface area contributed by atoms with E-state index in [0.717, 1.165) is 21.8 Å². The number of aryl methyl sites for hydroxylation is 1. The van der Waals surface area contributed by atoms with E-state index >= 15 is 0 Å². The van der Waals surface area contributed by atoms with Crippen molar-refractivity contribution in [2.75, 3.05) is 5.32 Å². The molecular formula is C15H9BrF5N5O. The second-order valence-corrected chi connectivity index (χ2v) is 6.09. The third-order valence-electron chi connectivity index (χ3n) is 3.46. The van der Waals surface area contributed by atoms with Crippen LogP contribution < -0.4 is 5.32 Å². The van der Waals surface area contributed by atoms with E-state index in [9.17, 15) is 26.7 Å². The number of nitrogens with zero attached hydrogens (tertiary/aromatic N) is 4. The number of amides is 1. The average Bonchev–Trinajstić information content (AvgIpc) is 3.12. The van der Waals surface area contributed by atoms with Crippen molar-refractivity contribution in [3.8, 4) is 5.69 Å². The van der Waals surface area contributed by atoms with Gasteiger partial charge >= 0.3 is 0 Å². The van der Waals surface area contributed by atoms with E-state index in [2.05, 4.69) is 31.4 Å². The van der Waals surface area contributed by atoms with Crippen LogP contribution in [0.2, 0.25) is 0 Å². The van der Waals surface area contributed by atoms with Crippen LogP contribution in [0.5, 0.6) is 0 Å². The molecule has 1 amide bonds. The van der Waals surface area contributed by atoms with Gasteiger partial charge < -0.3 is 5.32 Å². The highest BCUT2D eigenvalue weighted by Crippen LogP contribution is 2.29. The maximum atomic E-state index is 13.9. The van der Waals surface area contributed by atoms with E-state index in [1.807, 2.05) is 0 Å². The predicted octanol–water partition coefficient (Wildman–Crippen LogP) is 3.98. The van der Waals surface area contributed by atoms with Gasteiger partial charge in [0.05, 0.1) is 17.4 Å². The normalized spacial score (nSPS) is 11.3. The number of hydrogen-bond donors (Lipinski definition) is 1. The third kappa shape index (κ3) is 3.56. The molecule has 0 unspecified atom stereocenters. The van der Waals surface area contributed by atoms with Crippen molar-refractivity contribution >= 4 is 27.5 Å². The van der Waals surface area contributed by atoms with E-state index in [-0.39, 0.29) is 15.9 Å². The largest absolute Gasteiger partial charge is 0.318 e. The van der Waals surface area contributed by atoms with Crippen LogP contribution >= 0.6 is 15.9 Å². The number of carbonyl (C=O) groups is 1. The van der Waals surface area contributed by atoms with Gasteiger partial charge in [-0.15, -0.1) is 0 Å². The SMILES string of the molecule is Cn1cc(C(=O)Nc2cnn(-c3c(F)cc(F)cc3F)c2Br)c(C(F)F)n1. The monoisotopic (exact) mass is 449 g/mol. The molecule has 12 heteroatoms. The Morgan fingerprint density at radius 1 is 1.22 bits per heavy atom. The molecule has 3 rings (SSSR count). The second kappa shape index (κ2) is 7.10. The number of hydrogen-bond acceptors (Lipinski definition) is 3. The Morgan fingerprint density at radius 2 is 1.85 bits per heavy atom. The lowest BCUT2D eigenvalue weighted by Crippen LogP contribution is -2.13. The topological polar surface area (TPSA) is 64.7 Å². The van der Waals surface area contributed by atoms with Crippen molar-refractivity contribution in [3.63, 3.8) is 0 Å². The minimum atomic E-state index is -2.97. The molecule has 142 valence electrons. The van der Waals surface area contributed by atoms with Crippen LogP contribution in [0, 0.1) is 17.5 Å². The molecule has 2 heterocycles. The van der Waals surface area contributed by atoms with E-state index < -0.39 is 41.2 Å². The first kappa shape index (κ1) is 19.0. The Bertz CT molecular complexity index is 1010. The Balaban J connectivity index is 1.94. The number of aromatic nitrogens is 4. The fourth-order valence-corrected chi connectivity index (χ4v) is 2.81. The van der Waals surface area contributed by atoms with Crippen LogP contribution in [0.15, 0.2) is 29.1 Å². The molecule has 0 radical (unpaired) electrons. The smallest absolute Gasteiger partial charge is 0.282 e. The molecule has 0 aliphatic rings. The van der Waals surface area contributed by atoms with Gasteiger partial charge in [0.1, 0.15) is 21.8 Å². The Morgan fingerprint density at radius 3 is 2.44 bits per heavy atom. The first-order valence-electron chi connectivity index (χ1n) is 7.20. The lowest BCUT2D eigenvalue weighted by atomic mass is 10.2. The van der Waals surface area contributed by atoms with E-state index in [0.29, 0.717) is 12.1 Å². The molecule has 0 bridgehead atoms. The summed E-state index contributed by atoms with van der Waals surface area (Å²) in [6.45, 7) is 0. The highest BCUT2D eigenvalue weighted by Gasteiger charge is 2.25. The molecular weight excluding hydrogens is 441 g/mol. The summed E-state index contributed by atoms with van der Waals surface area (Å²) in [5.41, 5.74) is -1.81. The first-order chi connectivity index (χ1) is 12.7. The number of alkyl halides is 2. The van der Waals surface area contributed by atoms with Gasteiger partial charge in [-0.25, -0.2) is 26.6 Å². The van der Waals surface area contributed by atoms with Crippen LogP contribution in [0.3, 0.4) is 0 Å². The molecule has 2 aromatic heterocycles. The highest BCUT2D eigenvalue weighted by atomic mass is 79.9. The minimum absolute atomic E-state index is 0.0489. The Labute approximate surface area is 156 Å². The molecule has 0 fully saturated rings. The molecule has 0 saturated heterocycles. The summed E-state index contributed by atoms with van der Waals surface area (Å²) in [6, 6.07) is 0.935. The molecule has 1 aromatic carbocycles. The van der Waals surface area contributed by atoms with Crippen molar-refractivity contribution in [2.24, 2.45) is 7.05 Å². The van der Waals surface area contributed by atoms with Crippen molar-refractivity contribution in [3.05, 3.63) is 57.8 Å². The van der Waals surface area contributed by atoms with Crippen molar-refractivity contribution in [1.82, 2.24) is 19.6 Å². The molecule has 1 N–H and O–H groups in total. The zero-order valence-corrected chi connectivity index (χ0v) is 14.9. The molecule has 0 aliphatic heterocycles. The van der Waals surface area contributed by atoms with Crippen molar-refractivity contribution < 1.29 is 26.7 Å². The third-order valence-corrected chi connectivity index (χ3v) is 4.22. The summed E-state index contributed by atoms with van der Waals surface area (Å²) < 4.78 is 68.5. The van der Waals surface area contributed by atoms with Crippen LogP contribution in [0.25, 0.3) is 5.69 Å². The molecule has 3 aromatic rings. The summed E-state index contributed by atoms with van der Waals surface area (Å²) in [6.07, 6.45) is -0.822. The maximum absolute atomic E-state index is 13.9. The van der Waals surface area contributed by atoms with Gasteiger partial charge in [0.25, 0.3) is 12.3 Å². The molecule has 0 saturated carbocycles. The molecule has 27 heavy (non-hydrogen) atoms. The van der Waals surface area contributed by atoms with Crippen LogP contribution in [-0.2, 0) is 7.05 Å². The van der Waals surface area contributed by atoms with Gasteiger partial charge in [0.15, 0.2) is 11.6 Å². The average molecular weight is 450 g/mol. The lowest BCUT2D eigenvalue weighted by molar-refractivity contribution is 0.101. The number of halogens is 6. The van der Waals surface area contributed by atoms with Crippen LogP contribution in [-0.4, -0.2) is 25.5 Å². The first-order valence-corrected chi connectivity index (χ1v) is 7.99. The fraction of sp³-hybridized carbons (Fsp3) is 0.133. The van der Waals surface area contributed by atoms with Crippen molar-refractivity contribution in [2.45, 2.75) is 6.43 Å². The van der Waals surface area contributed by atoms with Gasteiger partial charge in [0, 0.05) is 25.4 Å². The molecule has 0 aliphatic carbocycles. The van der Waals surface area contributed by atoms with Crippen LogP contribution in [0.1, 0.15) is 22.5 Å². The Hall–Kier alpha value is -2.76. The number of nitrogens with one attached hydrogen (secondary N) is 1. The summed E-state index contributed by atoms with van der Waals surface area (Å²) in [5, 5.41) is 9.55. The second-order valence-electron chi connectivity index (χ2n) is 5.34. The summed E-state index contributed by atoms with van der Waals surface area (Å²) in [4.78, 5) is 12.3. The zero-order valence-electron chi connectivity index (χ0n) is 13.4. The number of benzene rings is 1. The van der Waals surface area contributed by atoms with Gasteiger partial charge in [-0.2, -0.15) is 10.2 Å². The minimum Gasteiger partial charge on any atom is -0.318 e. The van der Waals surface area contributed by atoms with E-state index in [4.69, 9.17) is 0 Å². The maximum Gasteiger partial charge on any atom is 0.282 e. The lowest BCUT2D eigenvalue weighted by Gasteiger charge is -2.08. The quantitative estimate of drug-likeness (QED) is 0.612. The predicted molar refractivity (Wildman–Crippen MR) is 87.3 cm³/mol. The van der Waals surface area contributed by atoms with Crippen molar-refractivity contribution in [1.29, 1.82) is 0 Å².